The van der Waals surface area contributed by atoms with Gasteiger partial charge in [-0.25, -0.2) is 0 Å². The summed E-state index contributed by atoms with van der Waals surface area (Å²) in [6, 6.07) is 0. The van der Waals surface area contributed by atoms with Crippen molar-refractivity contribution < 1.29 is 9.90 Å². The summed E-state index contributed by atoms with van der Waals surface area (Å²) < 4.78 is 0. The van der Waals surface area contributed by atoms with Crippen molar-refractivity contribution in [1.29, 1.82) is 0 Å². The predicted molar refractivity (Wildman–Crippen MR) is 34.1 cm³/mol. The van der Waals surface area contributed by atoms with Gasteiger partial charge in [0.1, 0.15) is 0 Å². The van der Waals surface area contributed by atoms with Crippen LogP contribution in [-0.4, -0.2) is 10.8 Å². The number of hydrogen-bond acceptors (Lipinski definition) is 2. The summed E-state index contributed by atoms with van der Waals surface area (Å²) in [7, 11) is 0. The number of carbonyl (C=O) groups excluding carboxylic acids is 1. The van der Waals surface area contributed by atoms with E-state index in [1.165, 1.54) is 13.0 Å². The Kier molecular flexibility index (Phi) is 2.71. The SMILES string of the molecule is C=CCC(C)(Cl)C(=O)[O-]. The Hall–Kier alpha value is -0.500. The first-order valence-corrected chi connectivity index (χ1v) is 2.90. The molecule has 0 saturated heterocycles. The summed E-state index contributed by atoms with van der Waals surface area (Å²) in [6.07, 6.45) is 1.67. The quantitative estimate of drug-likeness (QED) is 0.426. The number of rotatable bonds is 3. The molecule has 0 aliphatic carbocycles. The molecule has 0 aliphatic heterocycles. The smallest absolute Gasteiger partial charge is 0.0845 e. The molecule has 9 heavy (non-hydrogen) atoms. The second kappa shape index (κ2) is 2.87. The molecule has 0 saturated carbocycles. The Morgan fingerprint density at radius 3 is 2.56 bits per heavy atom. The summed E-state index contributed by atoms with van der Waals surface area (Å²) >= 11 is 5.44. The number of alkyl halides is 1. The summed E-state index contributed by atoms with van der Waals surface area (Å²) in [4.78, 5) is 8.83. The zero-order valence-electron chi connectivity index (χ0n) is 5.19. The lowest BCUT2D eigenvalue weighted by atomic mass is 10.1. The number of halogens is 1. The van der Waals surface area contributed by atoms with Gasteiger partial charge in [-0.1, -0.05) is 6.08 Å². The second-order valence-corrected chi connectivity index (χ2v) is 2.81. The topological polar surface area (TPSA) is 40.1 Å². The minimum Gasteiger partial charge on any atom is -0.548 e. The van der Waals surface area contributed by atoms with E-state index in [4.69, 9.17) is 11.6 Å². The van der Waals surface area contributed by atoms with Gasteiger partial charge in [-0.3, -0.25) is 0 Å². The fourth-order valence-corrected chi connectivity index (χ4v) is 0.464. The number of carbonyl (C=O) groups is 1. The Morgan fingerprint density at radius 1 is 2.00 bits per heavy atom. The normalized spacial score (nSPS) is 16.2. The van der Waals surface area contributed by atoms with Crippen molar-refractivity contribution in [3.8, 4) is 0 Å². The van der Waals surface area contributed by atoms with Gasteiger partial charge in [0.05, 0.1) is 10.8 Å². The molecule has 0 radical (unpaired) electrons. The molecule has 0 amide bonds. The largest absolute Gasteiger partial charge is 0.548 e. The van der Waals surface area contributed by atoms with Crippen LogP contribution in [0, 0.1) is 0 Å². The van der Waals surface area contributed by atoms with Crippen LogP contribution in [-0.2, 0) is 4.79 Å². The molecule has 52 valence electrons. The van der Waals surface area contributed by atoms with Crippen molar-refractivity contribution in [3.63, 3.8) is 0 Å². The van der Waals surface area contributed by atoms with E-state index < -0.39 is 10.8 Å². The lowest BCUT2D eigenvalue weighted by Crippen LogP contribution is -2.41. The van der Waals surface area contributed by atoms with Crippen LogP contribution in [0.25, 0.3) is 0 Å². The van der Waals surface area contributed by atoms with Gasteiger partial charge in [0.2, 0.25) is 0 Å². The van der Waals surface area contributed by atoms with E-state index in [-0.39, 0.29) is 6.42 Å². The maximum absolute atomic E-state index is 10.1. The highest BCUT2D eigenvalue weighted by Crippen LogP contribution is 2.17. The number of carboxylic acid groups (broad SMARTS) is 1. The molecule has 0 aromatic heterocycles. The van der Waals surface area contributed by atoms with E-state index in [9.17, 15) is 9.90 Å². The molecule has 0 spiro atoms. The molecule has 0 fully saturated rings. The van der Waals surface area contributed by atoms with Gasteiger partial charge >= 0.3 is 0 Å². The molecule has 0 aliphatic rings. The standard InChI is InChI=1S/C6H9ClO2/c1-3-4-6(2,7)5(8)9/h3H,1,4H2,2H3,(H,8,9)/p-1. The van der Waals surface area contributed by atoms with Crippen molar-refractivity contribution in [2.45, 2.75) is 18.2 Å². The Balaban J connectivity index is 4.00. The first kappa shape index (κ1) is 8.50. The summed E-state index contributed by atoms with van der Waals surface area (Å²) in [6.45, 7) is 4.73. The lowest BCUT2D eigenvalue weighted by molar-refractivity contribution is -0.309. The van der Waals surface area contributed by atoms with Crippen LogP contribution in [0.15, 0.2) is 12.7 Å². The third-order valence-corrected chi connectivity index (χ3v) is 1.26. The molecule has 3 heteroatoms. The molecule has 1 atom stereocenters. The summed E-state index contributed by atoms with van der Waals surface area (Å²) in [5, 5.41) is 10.1. The molecule has 0 aromatic carbocycles. The van der Waals surface area contributed by atoms with Crippen LogP contribution in [0.1, 0.15) is 13.3 Å². The van der Waals surface area contributed by atoms with Gasteiger partial charge in [0, 0.05) is 0 Å². The molecular weight excluding hydrogens is 140 g/mol. The van der Waals surface area contributed by atoms with Crippen LogP contribution in [0.3, 0.4) is 0 Å². The number of carboxylic acids is 1. The van der Waals surface area contributed by atoms with Gasteiger partial charge < -0.3 is 9.90 Å². The Bertz CT molecular complexity index is 129. The van der Waals surface area contributed by atoms with E-state index in [0.717, 1.165) is 0 Å². The van der Waals surface area contributed by atoms with Crippen LogP contribution >= 0.6 is 11.6 Å². The molecule has 0 heterocycles. The fraction of sp³-hybridized carbons (Fsp3) is 0.500. The molecule has 1 unspecified atom stereocenters. The van der Waals surface area contributed by atoms with E-state index >= 15 is 0 Å². The van der Waals surface area contributed by atoms with Gasteiger partial charge in [-0.2, -0.15) is 0 Å². The first-order valence-electron chi connectivity index (χ1n) is 2.52. The van der Waals surface area contributed by atoms with E-state index in [2.05, 4.69) is 6.58 Å². The zero-order chi connectivity index (χ0) is 7.49. The third kappa shape index (κ3) is 2.51. The highest BCUT2D eigenvalue weighted by atomic mass is 35.5. The Labute approximate surface area is 59.1 Å². The second-order valence-electron chi connectivity index (χ2n) is 1.98. The molecule has 0 rings (SSSR count). The van der Waals surface area contributed by atoms with Gasteiger partial charge in [0.15, 0.2) is 0 Å². The van der Waals surface area contributed by atoms with Crippen molar-refractivity contribution in [2.75, 3.05) is 0 Å². The van der Waals surface area contributed by atoms with Crippen LogP contribution in [0.2, 0.25) is 0 Å². The van der Waals surface area contributed by atoms with Gasteiger partial charge in [0.25, 0.3) is 0 Å². The highest BCUT2D eigenvalue weighted by molar-refractivity contribution is 6.33. The minimum atomic E-state index is -1.29. The molecule has 2 nitrogen and oxygen atoms in total. The highest BCUT2D eigenvalue weighted by Gasteiger charge is 2.19. The van der Waals surface area contributed by atoms with Crippen molar-refractivity contribution in [2.24, 2.45) is 0 Å². The van der Waals surface area contributed by atoms with Crippen molar-refractivity contribution in [1.82, 2.24) is 0 Å². The van der Waals surface area contributed by atoms with E-state index in [1.54, 1.807) is 0 Å². The number of aliphatic carboxylic acids is 1. The Morgan fingerprint density at radius 2 is 2.44 bits per heavy atom. The van der Waals surface area contributed by atoms with Crippen LogP contribution < -0.4 is 5.11 Å². The fourth-order valence-electron chi connectivity index (χ4n) is 0.354. The van der Waals surface area contributed by atoms with E-state index in [1.807, 2.05) is 0 Å². The maximum Gasteiger partial charge on any atom is 0.0845 e. The summed E-state index contributed by atoms with van der Waals surface area (Å²) in [5.41, 5.74) is 0. The summed E-state index contributed by atoms with van der Waals surface area (Å²) in [5.74, 6) is -1.26. The first-order chi connectivity index (χ1) is 4.00. The van der Waals surface area contributed by atoms with E-state index in [0.29, 0.717) is 0 Å². The van der Waals surface area contributed by atoms with Crippen LogP contribution in [0.4, 0.5) is 0 Å². The average molecular weight is 148 g/mol. The monoisotopic (exact) mass is 147 g/mol. The minimum absolute atomic E-state index is 0.219. The van der Waals surface area contributed by atoms with Crippen molar-refractivity contribution >= 4 is 17.6 Å². The number of allylic oxidation sites excluding steroid dienone is 1. The lowest BCUT2D eigenvalue weighted by Gasteiger charge is -2.20. The van der Waals surface area contributed by atoms with Crippen molar-refractivity contribution in [3.05, 3.63) is 12.7 Å². The molecular formula is C6H8ClO2-. The predicted octanol–water partition coefficient (Wildman–Crippen LogP) is 0.310. The molecule has 0 aromatic rings. The van der Waals surface area contributed by atoms with Gasteiger partial charge in [-0.15, -0.1) is 18.2 Å². The maximum atomic E-state index is 10.1. The molecule has 0 N–H and O–H groups in total. The van der Waals surface area contributed by atoms with Crippen LogP contribution in [0.5, 0.6) is 0 Å². The zero-order valence-corrected chi connectivity index (χ0v) is 5.94. The third-order valence-electron chi connectivity index (χ3n) is 0.953. The average Bonchev–Trinajstić information content (AvgIpc) is 1.65. The van der Waals surface area contributed by atoms with Gasteiger partial charge in [-0.05, 0) is 13.3 Å². The molecule has 0 bridgehead atoms. The number of hydrogen-bond donors (Lipinski definition) is 0.